The topological polar surface area (TPSA) is 53.5 Å². The number of rotatable bonds is 7. The predicted octanol–water partition coefficient (Wildman–Crippen LogP) is 3.87. The first-order valence-electron chi connectivity index (χ1n) is 11.0. The van der Waals surface area contributed by atoms with E-state index >= 15 is 0 Å². The first-order valence-corrected chi connectivity index (χ1v) is 11.0. The van der Waals surface area contributed by atoms with Crippen LogP contribution in [0.25, 0.3) is 11.1 Å². The normalized spacial score (nSPS) is 20.8. The maximum absolute atomic E-state index is 13.2. The number of hydrogen-bond acceptors (Lipinski definition) is 3. The van der Waals surface area contributed by atoms with Crippen LogP contribution >= 0.6 is 0 Å². The molecule has 2 aromatic rings. The van der Waals surface area contributed by atoms with Crippen LogP contribution in [0.3, 0.4) is 0 Å². The Kier molecular flexibility index (Phi) is 6.60. The van der Waals surface area contributed by atoms with E-state index in [1.54, 1.807) is 17.2 Å². The molecule has 1 aromatic carbocycles. The molecule has 2 amide bonds. The molecule has 0 spiro atoms. The predicted molar refractivity (Wildman–Crippen MR) is 122 cm³/mol. The molecule has 0 unspecified atom stereocenters. The third kappa shape index (κ3) is 4.93. The molecule has 0 N–H and O–H groups in total. The van der Waals surface area contributed by atoms with Crippen molar-refractivity contribution in [3.63, 3.8) is 0 Å². The molecule has 4 rings (SSSR count). The Morgan fingerprint density at radius 3 is 2.68 bits per heavy atom. The van der Waals surface area contributed by atoms with Gasteiger partial charge in [0.25, 0.3) is 0 Å². The lowest BCUT2D eigenvalue weighted by Gasteiger charge is -2.41. The highest BCUT2D eigenvalue weighted by atomic mass is 16.2. The highest BCUT2D eigenvalue weighted by molar-refractivity contribution is 5.89. The second-order valence-corrected chi connectivity index (χ2v) is 8.29. The van der Waals surface area contributed by atoms with Crippen LogP contribution in [0.15, 0.2) is 73.6 Å². The van der Waals surface area contributed by atoms with Crippen molar-refractivity contribution in [3.8, 4) is 11.1 Å². The molecule has 31 heavy (non-hydrogen) atoms. The van der Waals surface area contributed by atoms with Crippen molar-refractivity contribution in [2.24, 2.45) is 5.92 Å². The third-order valence-corrected chi connectivity index (χ3v) is 6.18. The van der Waals surface area contributed by atoms with Crippen molar-refractivity contribution in [2.45, 2.75) is 31.7 Å². The van der Waals surface area contributed by atoms with Gasteiger partial charge in [0.15, 0.2) is 0 Å². The molecule has 5 heteroatoms. The standard InChI is InChI=1S/C26H29N3O2/c1-2-14-28-15-16-29(25(30)18-20-6-3-4-7-20)24(26(28)31)17-21-9-11-22(12-10-21)23-8-5-13-27-19-23/h2-3,5-6,8-13,19-20,24H,1,4,7,14-18H2/t20-,24-/m0/s1. The quantitative estimate of drug-likeness (QED) is 0.645. The first kappa shape index (κ1) is 21.0. The summed E-state index contributed by atoms with van der Waals surface area (Å²) in [6.45, 7) is 5.43. The molecule has 2 heterocycles. The summed E-state index contributed by atoms with van der Waals surface area (Å²) in [5, 5.41) is 0. The fraction of sp³-hybridized carbons (Fsp3) is 0.346. The second kappa shape index (κ2) is 9.73. The van der Waals surface area contributed by atoms with Crippen LogP contribution < -0.4 is 0 Å². The van der Waals surface area contributed by atoms with Gasteiger partial charge in [0, 0.05) is 44.9 Å². The van der Waals surface area contributed by atoms with Gasteiger partial charge in [-0.2, -0.15) is 0 Å². The number of pyridine rings is 1. The molecular weight excluding hydrogens is 386 g/mol. The lowest BCUT2D eigenvalue weighted by atomic mass is 9.97. The SMILES string of the molecule is C=CCN1CCN(C(=O)C[C@H]2C=CCC2)[C@@H](Cc2ccc(-c3cccnc3)cc2)C1=O. The zero-order chi connectivity index (χ0) is 21.6. The monoisotopic (exact) mass is 415 g/mol. The van der Waals surface area contributed by atoms with E-state index in [-0.39, 0.29) is 11.8 Å². The van der Waals surface area contributed by atoms with Crippen molar-refractivity contribution in [1.29, 1.82) is 0 Å². The molecule has 5 nitrogen and oxygen atoms in total. The van der Waals surface area contributed by atoms with Gasteiger partial charge in [0.2, 0.25) is 11.8 Å². The zero-order valence-corrected chi connectivity index (χ0v) is 17.8. The van der Waals surface area contributed by atoms with Crippen LogP contribution in [0.5, 0.6) is 0 Å². The van der Waals surface area contributed by atoms with Gasteiger partial charge in [-0.25, -0.2) is 0 Å². The second-order valence-electron chi connectivity index (χ2n) is 8.29. The average Bonchev–Trinajstić information content (AvgIpc) is 3.31. The summed E-state index contributed by atoms with van der Waals surface area (Å²) < 4.78 is 0. The van der Waals surface area contributed by atoms with Gasteiger partial charge in [-0.3, -0.25) is 14.6 Å². The van der Waals surface area contributed by atoms with Crippen LogP contribution in [-0.2, 0) is 16.0 Å². The van der Waals surface area contributed by atoms with E-state index in [1.165, 1.54) is 0 Å². The highest BCUT2D eigenvalue weighted by Gasteiger charge is 2.37. The third-order valence-electron chi connectivity index (χ3n) is 6.18. The summed E-state index contributed by atoms with van der Waals surface area (Å²) in [6, 6.07) is 11.7. The van der Waals surface area contributed by atoms with E-state index in [0.717, 1.165) is 29.5 Å². The van der Waals surface area contributed by atoms with Crippen LogP contribution in [0.2, 0.25) is 0 Å². The highest BCUT2D eigenvalue weighted by Crippen LogP contribution is 2.25. The summed E-state index contributed by atoms with van der Waals surface area (Å²) in [7, 11) is 0. The Balaban J connectivity index is 1.51. The van der Waals surface area contributed by atoms with Crippen molar-refractivity contribution in [1.82, 2.24) is 14.8 Å². The average molecular weight is 416 g/mol. The van der Waals surface area contributed by atoms with Gasteiger partial charge >= 0.3 is 0 Å². The number of amides is 2. The number of benzene rings is 1. The lowest BCUT2D eigenvalue weighted by Crippen LogP contribution is -2.59. The molecule has 2 aliphatic rings. The molecule has 1 aromatic heterocycles. The van der Waals surface area contributed by atoms with Crippen LogP contribution in [0.4, 0.5) is 0 Å². The molecule has 0 saturated carbocycles. The number of aromatic nitrogens is 1. The summed E-state index contributed by atoms with van der Waals surface area (Å²) in [6.07, 6.45) is 12.7. The van der Waals surface area contributed by atoms with Crippen molar-refractivity contribution in [3.05, 3.63) is 79.2 Å². The molecule has 1 aliphatic heterocycles. The van der Waals surface area contributed by atoms with E-state index in [9.17, 15) is 9.59 Å². The Hall–Kier alpha value is -3.21. The van der Waals surface area contributed by atoms with E-state index in [1.807, 2.05) is 35.4 Å². The minimum Gasteiger partial charge on any atom is -0.335 e. The molecule has 0 bridgehead atoms. The van der Waals surface area contributed by atoms with E-state index < -0.39 is 6.04 Å². The molecule has 2 atom stereocenters. The zero-order valence-electron chi connectivity index (χ0n) is 17.8. The van der Waals surface area contributed by atoms with Crippen molar-refractivity contribution in [2.75, 3.05) is 19.6 Å². The van der Waals surface area contributed by atoms with Crippen LogP contribution in [0.1, 0.15) is 24.8 Å². The lowest BCUT2D eigenvalue weighted by molar-refractivity contribution is -0.151. The Labute approximate surface area is 184 Å². The van der Waals surface area contributed by atoms with Gasteiger partial charge in [-0.05, 0) is 41.5 Å². The number of hydrogen-bond donors (Lipinski definition) is 0. The van der Waals surface area contributed by atoms with E-state index in [4.69, 9.17) is 0 Å². The van der Waals surface area contributed by atoms with E-state index in [2.05, 4.69) is 35.8 Å². The van der Waals surface area contributed by atoms with E-state index in [0.29, 0.717) is 38.4 Å². The first-order chi connectivity index (χ1) is 15.2. The maximum Gasteiger partial charge on any atom is 0.246 e. The molecule has 1 saturated heterocycles. The fourth-order valence-corrected chi connectivity index (χ4v) is 4.47. The fourth-order valence-electron chi connectivity index (χ4n) is 4.47. The number of piperazine rings is 1. The minimum absolute atomic E-state index is 0.0119. The minimum atomic E-state index is -0.462. The smallest absolute Gasteiger partial charge is 0.246 e. The molecule has 1 fully saturated rings. The van der Waals surface area contributed by atoms with Gasteiger partial charge in [0.05, 0.1) is 0 Å². The summed E-state index contributed by atoms with van der Waals surface area (Å²) in [5.41, 5.74) is 3.19. The summed E-state index contributed by atoms with van der Waals surface area (Å²) in [4.78, 5) is 34.1. The van der Waals surface area contributed by atoms with Crippen LogP contribution in [-0.4, -0.2) is 52.3 Å². The Bertz CT molecular complexity index is 952. The molecular formula is C26H29N3O2. The summed E-state index contributed by atoms with van der Waals surface area (Å²) >= 11 is 0. The Morgan fingerprint density at radius 1 is 1.16 bits per heavy atom. The molecule has 1 aliphatic carbocycles. The Morgan fingerprint density at radius 2 is 2.00 bits per heavy atom. The van der Waals surface area contributed by atoms with Crippen molar-refractivity contribution >= 4 is 11.8 Å². The van der Waals surface area contributed by atoms with Gasteiger partial charge in [-0.15, -0.1) is 6.58 Å². The van der Waals surface area contributed by atoms with Gasteiger partial charge in [0.1, 0.15) is 6.04 Å². The number of allylic oxidation sites excluding steroid dienone is 2. The number of nitrogens with zero attached hydrogens (tertiary/aromatic N) is 3. The molecule has 160 valence electrons. The van der Waals surface area contributed by atoms with Crippen LogP contribution in [0, 0.1) is 5.92 Å². The van der Waals surface area contributed by atoms with Gasteiger partial charge < -0.3 is 9.80 Å². The number of carbonyl (C=O) groups is 2. The summed E-state index contributed by atoms with van der Waals surface area (Å²) in [5.74, 6) is 0.395. The van der Waals surface area contributed by atoms with Crippen molar-refractivity contribution < 1.29 is 9.59 Å². The van der Waals surface area contributed by atoms with Gasteiger partial charge in [-0.1, -0.05) is 48.6 Å². The maximum atomic E-state index is 13.2. The molecule has 0 radical (unpaired) electrons. The number of carbonyl (C=O) groups excluding carboxylic acids is 2. The largest absolute Gasteiger partial charge is 0.335 e.